The van der Waals surface area contributed by atoms with Gasteiger partial charge in [0.15, 0.2) is 6.29 Å². The first-order valence-corrected chi connectivity index (χ1v) is 12.1. The minimum Gasteiger partial charge on any atom is -0.370 e. The first kappa shape index (κ1) is 23.2. The Kier molecular flexibility index (Phi) is 12.0. The lowest BCUT2D eigenvalue weighted by Crippen LogP contribution is -2.22. The zero-order valence-electron chi connectivity index (χ0n) is 18.4. The molecule has 1 aliphatic heterocycles. The maximum atomic E-state index is 5.86. The average molecular weight is 383 g/mol. The highest BCUT2D eigenvalue weighted by Gasteiger charge is 2.43. The molecule has 27 heavy (non-hydrogen) atoms. The van der Waals surface area contributed by atoms with Gasteiger partial charge in [-0.15, -0.1) is 0 Å². The summed E-state index contributed by atoms with van der Waals surface area (Å²) in [6.45, 7) is 7.94. The molecular formula is C24H46O3. The predicted octanol–water partition coefficient (Wildman–Crippen LogP) is 6.88. The lowest BCUT2D eigenvalue weighted by molar-refractivity contribution is -0.147. The van der Waals surface area contributed by atoms with Crippen molar-refractivity contribution in [3.63, 3.8) is 0 Å². The van der Waals surface area contributed by atoms with Crippen LogP contribution in [0.15, 0.2) is 0 Å². The summed E-state index contributed by atoms with van der Waals surface area (Å²) in [5, 5.41) is 0. The molecule has 3 heteroatoms. The van der Waals surface area contributed by atoms with Gasteiger partial charge in [0.2, 0.25) is 0 Å². The van der Waals surface area contributed by atoms with Gasteiger partial charge in [0.1, 0.15) is 0 Å². The maximum Gasteiger partial charge on any atom is 0.157 e. The molecule has 1 saturated carbocycles. The monoisotopic (exact) mass is 382 g/mol. The van der Waals surface area contributed by atoms with Crippen molar-refractivity contribution in [1.29, 1.82) is 0 Å². The summed E-state index contributed by atoms with van der Waals surface area (Å²) in [6.07, 6.45) is 20.1. The molecule has 160 valence electrons. The highest BCUT2D eigenvalue weighted by Crippen LogP contribution is 2.41. The van der Waals surface area contributed by atoms with Crippen LogP contribution in [0, 0.1) is 11.8 Å². The van der Waals surface area contributed by atoms with Crippen LogP contribution in [-0.4, -0.2) is 31.7 Å². The summed E-state index contributed by atoms with van der Waals surface area (Å²) in [4.78, 5) is 0. The Morgan fingerprint density at radius 1 is 0.815 bits per heavy atom. The smallest absolute Gasteiger partial charge is 0.157 e. The third kappa shape index (κ3) is 9.76. The van der Waals surface area contributed by atoms with Gasteiger partial charge in [-0.3, -0.25) is 0 Å². The number of hydrogen-bond acceptors (Lipinski definition) is 3. The van der Waals surface area contributed by atoms with Gasteiger partial charge in [-0.05, 0) is 51.4 Å². The van der Waals surface area contributed by atoms with Crippen molar-refractivity contribution in [2.24, 2.45) is 11.8 Å². The molecule has 0 bridgehead atoms. The van der Waals surface area contributed by atoms with Crippen molar-refractivity contribution in [3.8, 4) is 0 Å². The summed E-state index contributed by atoms with van der Waals surface area (Å²) < 4.78 is 17.4. The molecule has 0 N–H and O–H groups in total. The van der Waals surface area contributed by atoms with E-state index in [0.29, 0.717) is 12.2 Å². The van der Waals surface area contributed by atoms with Crippen molar-refractivity contribution >= 4 is 0 Å². The lowest BCUT2D eigenvalue weighted by atomic mass is 9.82. The third-order valence-electron chi connectivity index (χ3n) is 6.54. The molecule has 0 aromatic heterocycles. The van der Waals surface area contributed by atoms with E-state index in [1.165, 1.54) is 83.5 Å². The van der Waals surface area contributed by atoms with Gasteiger partial charge in [0.25, 0.3) is 0 Å². The van der Waals surface area contributed by atoms with E-state index in [0.717, 1.165) is 31.5 Å². The Bertz CT molecular complexity index is 354. The second-order valence-corrected chi connectivity index (χ2v) is 8.82. The second kappa shape index (κ2) is 14.0. The Morgan fingerprint density at radius 2 is 1.52 bits per heavy atom. The number of fused-ring (bicyclic) bond motifs is 1. The zero-order valence-corrected chi connectivity index (χ0v) is 18.4. The van der Waals surface area contributed by atoms with Crippen LogP contribution in [0.3, 0.4) is 0 Å². The molecule has 1 saturated heterocycles. The molecule has 0 aromatic carbocycles. The van der Waals surface area contributed by atoms with E-state index in [-0.39, 0.29) is 6.29 Å². The van der Waals surface area contributed by atoms with Crippen LogP contribution in [0.5, 0.6) is 0 Å². The van der Waals surface area contributed by atoms with Crippen LogP contribution in [0.1, 0.15) is 111 Å². The zero-order chi connectivity index (χ0) is 19.3. The largest absolute Gasteiger partial charge is 0.370 e. The third-order valence-corrected chi connectivity index (χ3v) is 6.54. The number of hydrogen-bond donors (Lipinski definition) is 0. The van der Waals surface area contributed by atoms with E-state index in [1.54, 1.807) is 0 Å². The minimum absolute atomic E-state index is 0.00273. The van der Waals surface area contributed by atoms with Crippen LogP contribution in [-0.2, 0) is 14.2 Å². The Labute approximate surface area is 168 Å². The van der Waals surface area contributed by atoms with Crippen LogP contribution in [0.2, 0.25) is 0 Å². The molecule has 3 nitrogen and oxygen atoms in total. The molecule has 0 aromatic rings. The first-order chi connectivity index (χ1) is 13.3. The van der Waals surface area contributed by atoms with E-state index in [2.05, 4.69) is 20.8 Å². The number of epoxide rings is 1. The number of unbranched alkanes of at least 4 members (excludes halogenated alkanes) is 6. The molecule has 0 amide bonds. The molecule has 1 heterocycles. The van der Waals surface area contributed by atoms with Crippen molar-refractivity contribution in [1.82, 2.24) is 0 Å². The Hall–Kier alpha value is -0.120. The van der Waals surface area contributed by atoms with Crippen LogP contribution in [0.4, 0.5) is 0 Å². The highest BCUT2D eigenvalue weighted by atomic mass is 16.7. The summed E-state index contributed by atoms with van der Waals surface area (Å²) in [6, 6.07) is 0. The van der Waals surface area contributed by atoms with Gasteiger partial charge in [-0.1, -0.05) is 64.7 Å². The van der Waals surface area contributed by atoms with Crippen molar-refractivity contribution in [2.75, 3.05) is 13.2 Å². The normalized spacial score (nSPS) is 25.6. The fraction of sp³-hybridized carbons (Fsp3) is 1.00. The van der Waals surface area contributed by atoms with Gasteiger partial charge in [-0.2, -0.15) is 0 Å². The first-order valence-electron chi connectivity index (χ1n) is 12.1. The SMILES string of the molecule is CCCCCCCCCC(CCC1CCC2OC2C1)CC(OCC)OCC. The fourth-order valence-electron chi connectivity index (χ4n) is 4.82. The Balaban J connectivity index is 1.68. The average Bonchev–Trinajstić information content (AvgIpc) is 3.44. The van der Waals surface area contributed by atoms with Gasteiger partial charge < -0.3 is 14.2 Å². The van der Waals surface area contributed by atoms with Crippen LogP contribution >= 0.6 is 0 Å². The molecule has 2 rings (SSSR count). The molecule has 0 radical (unpaired) electrons. The fourth-order valence-corrected chi connectivity index (χ4v) is 4.82. The van der Waals surface area contributed by atoms with E-state index in [4.69, 9.17) is 14.2 Å². The molecule has 0 spiro atoms. The summed E-state index contributed by atoms with van der Waals surface area (Å²) in [7, 11) is 0. The highest BCUT2D eigenvalue weighted by molar-refractivity contribution is 4.91. The van der Waals surface area contributed by atoms with Gasteiger partial charge >= 0.3 is 0 Å². The van der Waals surface area contributed by atoms with Gasteiger partial charge in [0.05, 0.1) is 12.2 Å². The number of ether oxygens (including phenoxy) is 3. The molecule has 4 unspecified atom stereocenters. The van der Waals surface area contributed by atoms with Crippen LogP contribution < -0.4 is 0 Å². The van der Waals surface area contributed by atoms with Crippen molar-refractivity contribution < 1.29 is 14.2 Å². The quantitative estimate of drug-likeness (QED) is 0.156. The number of rotatable bonds is 17. The predicted molar refractivity (Wildman–Crippen MR) is 113 cm³/mol. The van der Waals surface area contributed by atoms with Crippen molar-refractivity contribution in [3.05, 3.63) is 0 Å². The second-order valence-electron chi connectivity index (χ2n) is 8.82. The van der Waals surface area contributed by atoms with E-state index in [1.807, 2.05) is 0 Å². The molecule has 1 aliphatic carbocycles. The maximum absolute atomic E-state index is 5.86. The van der Waals surface area contributed by atoms with Crippen LogP contribution in [0.25, 0.3) is 0 Å². The lowest BCUT2D eigenvalue weighted by Gasteiger charge is -2.26. The summed E-state index contributed by atoms with van der Waals surface area (Å²) in [5.74, 6) is 1.64. The van der Waals surface area contributed by atoms with Gasteiger partial charge in [-0.25, -0.2) is 0 Å². The molecule has 4 atom stereocenters. The van der Waals surface area contributed by atoms with E-state index < -0.39 is 0 Å². The van der Waals surface area contributed by atoms with Crippen molar-refractivity contribution in [2.45, 2.75) is 129 Å². The topological polar surface area (TPSA) is 31.0 Å². The van der Waals surface area contributed by atoms with E-state index >= 15 is 0 Å². The standard InChI is InChI=1S/C24H46O3/c1-4-7-8-9-10-11-12-13-20(19-24(25-5-2)26-6-3)14-15-21-16-17-22-23(18-21)27-22/h20-24H,4-19H2,1-3H3. The summed E-state index contributed by atoms with van der Waals surface area (Å²) >= 11 is 0. The molecule has 2 aliphatic rings. The Morgan fingerprint density at radius 3 is 2.19 bits per heavy atom. The summed E-state index contributed by atoms with van der Waals surface area (Å²) in [5.41, 5.74) is 0. The van der Waals surface area contributed by atoms with Gasteiger partial charge in [0, 0.05) is 19.6 Å². The molecular weight excluding hydrogens is 336 g/mol. The van der Waals surface area contributed by atoms with E-state index in [9.17, 15) is 0 Å². The minimum atomic E-state index is -0.00273. The molecule has 2 fully saturated rings.